The summed E-state index contributed by atoms with van der Waals surface area (Å²) in [7, 11) is 0. The summed E-state index contributed by atoms with van der Waals surface area (Å²) in [5, 5.41) is 2.86. The van der Waals surface area contributed by atoms with E-state index in [-0.39, 0.29) is 25.0 Å². The fraction of sp³-hybridized carbons (Fsp3) is 0.543. The molecule has 2 atom stereocenters. The van der Waals surface area contributed by atoms with Crippen LogP contribution in [-0.2, 0) is 41.5 Å². The molecule has 0 aliphatic rings. The molecule has 236 valence electrons. The van der Waals surface area contributed by atoms with Crippen molar-refractivity contribution in [3.05, 3.63) is 71.8 Å². The molecule has 0 saturated heterocycles. The fourth-order valence-corrected chi connectivity index (χ4v) is 4.60. The number of Topliss-reactive ketones (excluding diaryl/α,β-unsaturated/α-hetero) is 1. The van der Waals surface area contributed by atoms with Crippen LogP contribution < -0.4 is 11.1 Å². The minimum Gasteiger partial charge on any atom is -0.465 e. The standard InChI is InChI=1S/C35H50N2O6/c1-27(2)32(38)21-13-5-3-4-6-14-22-33(39)37-31(26-29-19-11-8-12-20-29)35(41)43-24-16-15-23-42-34(40)30(36)25-28-17-9-7-10-18-28/h7-12,17-20,27,30-31H,3-6,13-16,21-26,36H2,1-2H3,(H,37,39). The summed E-state index contributed by atoms with van der Waals surface area (Å²) < 4.78 is 10.8. The van der Waals surface area contributed by atoms with Gasteiger partial charge in [-0.05, 0) is 43.2 Å². The Morgan fingerprint density at radius 3 is 1.70 bits per heavy atom. The first-order valence-electron chi connectivity index (χ1n) is 15.7. The maximum absolute atomic E-state index is 12.9. The molecule has 2 aromatic carbocycles. The number of hydrogen-bond acceptors (Lipinski definition) is 7. The topological polar surface area (TPSA) is 125 Å². The Bertz CT molecular complexity index is 1090. The lowest BCUT2D eigenvalue weighted by Gasteiger charge is -2.18. The van der Waals surface area contributed by atoms with Crippen LogP contribution in [0.2, 0.25) is 0 Å². The fourth-order valence-electron chi connectivity index (χ4n) is 4.60. The van der Waals surface area contributed by atoms with Crippen LogP contribution in [0.3, 0.4) is 0 Å². The highest BCUT2D eigenvalue weighted by Crippen LogP contribution is 2.12. The van der Waals surface area contributed by atoms with Gasteiger partial charge in [-0.1, -0.05) is 100 Å². The number of nitrogens with one attached hydrogen (secondary N) is 1. The van der Waals surface area contributed by atoms with Crippen molar-refractivity contribution in [3.8, 4) is 0 Å². The molecule has 0 spiro atoms. The Balaban J connectivity index is 1.66. The molecule has 2 aromatic rings. The van der Waals surface area contributed by atoms with Crippen LogP contribution in [-0.4, -0.2) is 48.9 Å². The van der Waals surface area contributed by atoms with Crippen molar-refractivity contribution in [2.24, 2.45) is 11.7 Å². The average Bonchev–Trinajstić information content (AvgIpc) is 3.00. The summed E-state index contributed by atoms with van der Waals surface area (Å²) in [6.45, 7) is 4.23. The summed E-state index contributed by atoms with van der Waals surface area (Å²) in [5.41, 5.74) is 7.86. The number of rotatable bonds is 22. The number of hydrogen-bond donors (Lipinski definition) is 2. The average molecular weight is 595 g/mol. The predicted octanol–water partition coefficient (Wildman–Crippen LogP) is 5.50. The van der Waals surface area contributed by atoms with E-state index in [9.17, 15) is 19.2 Å². The zero-order chi connectivity index (χ0) is 31.3. The Kier molecular flexibility index (Phi) is 17.6. The normalized spacial score (nSPS) is 12.4. The van der Waals surface area contributed by atoms with Gasteiger partial charge in [-0.3, -0.25) is 14.4 Å². The minimum absolute atomic E-state index is 0.105. The number of carbonyl (C=O) groups excluding carboxylic acids is 4. The van der Waals surface area contributed by atoms with Crippen LogP contribution in [0.5, 0.6) is 0 Å². The lowest BCUT2D eigenvalue weighted by molar-refractivity contribution is -0.149. The number of ketones is 1. The van der Waals surface area contributed by atoms with Gasteiger partial charge in [0, 0.05) is 25.2 Å². The van der Waals surface area contributed by atoms with Crippen LogP contribution in [0.1, 0.15) is 89.2 Å². The van der Waals surface area contributed by atoms with Gasteiger partial charge in [-0.2, -0.15) is 0 Å². The molecule has 0 fully saturated rings. The first-order chi connectivity index (χ1) is 20.8. The molecule has 3 N–H and O–H groups in total. The molecule has 0 aliphatic heterocycles. The van der Waals surface area contributed by atoms with Gasteiger partial charge in [-0.25, -0.2) is 4.79 Å². The van der Waals surface area contributed by atoms with E-state index in [0.717, 1.165) is 49.7 Å². The van der Waals surface area contributed by atoms with Crippen molar-refractivity contribution >= 4 is 23.6 Å². The molecule has 0 aliphatic carbocycles. The van der Waals surface area contributed by atoms with Gasteiger partial charge in [0.2, 0.25) is 5.91 Å². The van der Waals surface area contributed by atoms with E-state index in [1.54, 1.807) is 0 Å². The first kappa shape index (κ1) is 35.7. The van der Waals surface area contributed by atoms with E-state index in [2.05, 4.69) is 5.32 Å². The Hall–Kier alpha value is -3.52. The highest BCUT2D eigenvalue weighted by atomic mass is 16.5. The Morgan fingerprint density at radius 1 is 0.651 bits per heavy atom. The van der Waals surface area contributed by atoms with Gasteiger partial charge < -0.3 is 20.5 Å². The van der Waals surface area contributed by atoms with Crippen LogP contribution in [0.4, 0.5) is 0 Å². The quantitative estimate of drug-likeness (QED) is 0.136. The third kappa shape index (κ3) is 16.1. The molecule has 8 heteroatoms. The molecule has 2 rings (SSSR count). The van der Waals surface area contributed by atoms with E-state index in [0.29, 0.717) is 44.3 Å². The summed E-state index contributed by atoms with van der Waals surface area (Å²) in [5.74, 6) is -0.673. The summed E-state index contributed by atoms with van der Waals surface area (Å²) >= 11 is 0. The summed E-state index contributed by atoms with van der Waals surface area (Å²) in [6.07, 6.45) is 8.50. The second-order valence-corrected chi connectivity index (χ2v) is 11.4. The van der Waals surface area contributed by atoms with Crippen molar-refractivity contribution < 1.29 is 28.7 Å². The molecule has 0 radical (unpaired) electrons. The second-order valence-electron chi connectivity index (χ2n) is 11.4. The monoisotopic (exact) mass is 594 g/mol. The number of carbonyl (C=O) groups is 4. The van der Waals surface area contributed by atoms with Gasteiger partial charge in [0.15, 0.2) is 0 Å². The smallest absolute Gasteiger partial charge is 0.328 e. The van der Waals surface area contributed by atoms with Gasteiger partial charge in [0.1, 0.15) is 17.9 Å². The zero-order valence-electron chi connectivity index (χ0n) is 25.9. The van der Waals surface area contributed by atoms with Gasteiger partial charge >= 0.3 is 11.9 Å². The minimum atomic E-state index is -0.776. The highest BCUT2D eigenvalue weighted by Gasteiger charge is 2.23. The lowest BCUT2D eigenvalue weighted by Crippen LogP contribution is -2.43. The molecule has 43 heavy (non-hydrogen) atoms. The molecule has 0 aromatic heterocycles. The van der Waals surface area contributed by atoms with Crippen LogP contribution in [0, 0.1) is 5.92 Å². The van der Waals surface area contributed by atoms with E-state index in [4.69, 9.17) is 15.2 Å². The van der Waals surface area contributed by atoms with Gasteiger partial charge in [-0.15, -0.1) is 0 Å². The largest absolute Gasteiger partial charge is 0.465 e. The number of esters is 2. The second kappa shape index (κ2) is 21.2. The number of benzene rings is 2. The molecule has 0 bridgehead atoms. The maximum atomic E-state index is 12.9. The maximum Gasteiger partial charge on any atom is 0.328 e. The molecule has 2 unspecified atom stereocenters. The van der Waals surface area contributed by atoms with Gasteiger partial charge in [0.05, 0.1) is 13.2 Å². The van der Waals surface area contributed by atoms with E-state index in [1.165, 1.54) is 0 Å². The first-order valence-corrected chi connectivity index (χ1v) is 15.7. The van der Waals surface area contributed by atoms with Crippen LogP contribution >= 0.6 is 0 Å². The predicted molar refractivity (Wildman–Crippen MR) is 168 cm³/mol. The van der Waals surface area contributed by atoms with E-state index < -0.39 is 24.0 Å². The number of nitrogens with two attached hydrogens (primary N) is 1. The van der Waals surface area contributed by atoms with Crippen LogP contribution in [0.25, 0.3) is 0 Å². The van der Waals surface area contributed by atoms with Crippen molar-refractivity contribution in [3.63, 3.8) is 0 Å². The molecule has 1 amide bonds. The van der Waals surface area contributed by atoms with Gasteiger partial charge in [0.25, 0.3) is 0 Å². The third-order valence-corrected chi connectivity index (χ3v) is 7.25. The zero-order valence-corrected chi connectivity index (χ0v) is 25.9. The number of unbranched alkanes of at least 4 members (excludes halogenated alkanes) is 6. The van der Waals surface area contributed by atoms with Crippen molar-refractivity contribution in [2.45, 2.75) is 103 Å². The van der Waals surface area contributed by atoms with Crippen molar-refractivity contribution in [1.29, 1.82) is 0 Å². The molecular weight excluding hydrogens is 544 g/mol. The number of ether oxygens (including phenoxy) is 2. The SMILES string of the molecule is CC(C)C(=O)CCCCCCCCC(=O)NC(Cc1ccccc1)C(=O)OCCCCOC(=O)C(N)Cc1ccccc1. The molecule has 8 nitrogen and oxygen atoms in total. The summed E-state index contributed by atoms with van der Waals surface area (Å²) in [6, 6.07) is 17.5. The lowest BCUT2D eigenvalue weighted by atomic mass is 10.0. The number of amides is 1. The van der Waals surface area contributed by atoms with Crippen molar-refractivity contribution in [1.82, 2.24) is 5.32 Å². The molecular formula is C35H50N2O6. The molecule has 0 saturated carbocycles. The Morgan fingerprint density at radius 2 is 1.14 bits per heavy atom. The van der Waals surface area contributed by atoms with Crippen molar-refractivity contribution in [2.75, 3.05) is 13.2 Å². The molecule has 0 heterocycles. The Labute approximate surface area is 257 Å². The van der Waals surface area contributed by atoms with E-state index in [1.807, 2.05) is 74.5 Å². The third-order valence-electron chi connectivity index (χ3n) is 7.25. The summed E-state index contributed by atoms with van der Waals surface area (Å²) in [4.78, 5) is 49.4. The van der Waals surface area contributed by atoms with Crippen LogP contribution in [0.15, 0.2) is 60.7 Å². The van der Waals surface area contributed by atoms with E-state index >= 15 is 0 Å². The highest BCUT2D eigenvalue weighted by molar-refractivity contribution is 5.84.